The second kappa shape index (κ2) is 17.2. The van der Waals surface area contributed by atoms with Crippen LogP contribution in [0.15, 0.2) is 122 Å². The third kappa shape index (κ3) is 9.11. The normalized spacial score (nSPS) is 12.4. The summed E-state index contributed by atoms with van der Waals surface area (Å²) in [5, 5.41) is 0. The molecule has 0 spiro atoms. The molecule has 0 amide bonds. The fourth-order valence-corrected chi connectivity index (χ4v) is 7.95. The summed E-state index contributed by atoms with van der Waals surface area (Å²) >= 11 is 0. The molecule has 63 heavy (non-hydrogen) atoms. The van der Waals surface area contributed by atoms with Crippen molar-refractivity contribution in [1.82, 2.24) is 19.9 Å². The molecule has 9 heterocycles. The number of hydrogen-bond acceptors (Lipinski definition) is 2. The van der Waals surface area contributed by atoms with E-state index < -0.39 is 25.4 Å². The fraction of sp³-hybridized carbons (Fsp3) is 0.167. The average molecular weight is 896 g/mol. The van der Waals surface area contributed by atoms with E-state index in [2.05, 4.69) is 9.13 Å². The molecule has 314 valence electrons. The molecule has 0 unspecified atom stereocenters. The molecule has 15 heteroatoms. The van der Waals surface area contributed by atoms with Crippen molar-refractivity contribution in [1.29, 1.82) is 0 Å². The molecule has 9 rings (SSSR count). The third-order valence-corrected chi connectivity index (χ3v) is 10.7. The van der Waals surface area contributed by atoms with Crippen LogP contribution < -0.4 is 28.2 Å². The van der Waals surface area contributed by atoms with Gasteiger partial charge < -0.3 is 9.97 Å². The van der Waals surface area contributed by atoms with E-state index >= 15 is 0 Å². The van der Waals surface area contributed by atoms with E-state index in [0.717, 1.165) is 31.4 Å². The third-order valence-electron chi connectivity index (χ3n) is 10.7. The average Bonchev–Trinajstić information content (AvgIpc) is 4.08. The van der Waals surface area contributed by atoms with Crippen LogP contribution in [0.2, 0.25) is 0 Å². The topological polar surface area (TPSA) is 69.5 Å². The van der Waals surface area contributed by atoms with E-state index in [9.17, 15) is 26.3 Å². The zero-order chi connectivity index (χ0) is 43.2. The first-order valence-electron chi connectivity index (χ1n) is 20.0. The monoisotopic (exact) mass is 895 g/mol. The molecule has 2 aliphatic rings. The van der Waals surface area contributed by atoms with Crippen LogP contribution in [0.1, 0.15) is 36.6 Å². The van der Waals surface area contributed by atoms with E-state index in [0.29, 0.717) is 80.2 Å². The number of aromatic nitrogens is 8. The first-order valence-corrected chi connectivity index (χ1v) is 20.0. The van der Waals surface area contributed by atoms with Gasteiger partial charge in [-0.05, 0) is 84.7 Å². The van der Waals surface area contributed by atoms with Crippen LogP contribution in [-0.2, 0) is 43.2 Å². The predicted molar refractivity (Wildman–Crippen MR) is 223 cm³/mol. The number of halogens is 6. The van der Waals surface area contributed by atoms with Crippen LogP contribution in [0.5, 0.6) is 0 Å². The number of alkyl halides is 6. The van der Waals surface area contributed by atoms with Gasteiger partial charge >= 0.3 is 29.4 Å². The molecule has 8 nitrogen and oxygen atoms in total. The molecule has 0 aliphatic carbocycles. The second-order valence-electron chi connectivity index (χ2n) is 15.0. The molecule has 0 N–H and O–H groups in total. The Balaban J connectivity index is 0.00000544. The maximum absolute atomic E-state index is 13.7. The molecule has 0 saturated heterocycles. The number of nitrogens with zero attached hydrogens (tertiary/aromatic N) is 8. The number of rotatable bonds is 8. The number of fused-ring (bicyclic) bond motifs is 8. The molecule has 0 radical (unpaired) electrons. The Hall–Kier alpha value is -6.70. The van der Waals surface area contributed by atoms with Crippen LogP contribution in [0.4, 0.5) is 26.3 Å². The zero-order valence-corrected chi connectivity index (χ0v) is 35.1. The van der Waals surface area contributed by atoms with E-state index in [4.69, 9.17) is 19.9 Å². The van der Waals surface area contributed by atoms with E-state index in [1.165, 1.54) is 24.8 Å². The van der Waals surface area contributed by atoms with Crippen LogP contribution in [0, 0.1) is 0 Å². The minimum absolute atomic E-state index is 0. The quantitative estimate of drug-likeness (QED) is 0.0869. The van der Waals surface area contributed by atoms with Crippen molar-refractivity contribution in [2.24, 2.45) is 0 Å². The van der Waals surface area contributed by atoms with E-state index in [-0.39, 0.29) is 17.1 Å². The summed E-state index contributed by atoms with van der Waals surface area (Å²) in [5.74, 6) is 0. The van der Waals surface area contributed by atoms with Gasteiger partial charge in [-0.15, -0.1) is 22.1 Å². The summed E-state index contributed by atoms with van der Waals surface area (Å²) in [5.41, 5.74) is 9.08. The zero-order valence-electron chi connectivity index (χ0n) is 33.9. The maximum atomic E-state index is 13.7. The number of aryl methyl sites for hydroxylation is 2. The summed E-state index contributed by atoms with van der Waals surface area (Å²) in [6.45, 7) is 3.10. The number of hydrogen-bond donors (Lipinski definition) is 0. The molecule has 0 atom stereocenters. The minimum Gasteiger partial charge on any atom is -0.657 e. The van der Waals surface area contributed by atoms with Crippen molar-refractivity contribution < 1.29 is 61.7 Å². The Labute approximate surface area is 368 Å². The van der Waals surface area contributed by atoms with Gasteiger partial charge in [-0.1, -0.05) is 24.3 Å². The van der Waals surface area contributed by atoms with Crippen molar-refractivity contribution >= 4 is 46.4 Å². The van der Waals surface area contributed by atoms with Crippen LogP contribution in [-0.4, -0.2) is 22.3 Å². The Morgan fingerprint density at radius 2 is 0.698 bits per heavy atom. The van der Waals surface area contributed by atoms with E-state index in [1.54, 1.807) is 36.4 Å². The largest absolute Gasteiger partial charge is 3.00 e. The van der Waals surface area contributed by atoms with Crippen molar-refractivity contribution in [3.8, 4) is 44.5 Å². The molecule has 2 aliphatic heterocycles. The first kappa shape index (κ1) is 43.0. The molecular formula is C48H38F6MnN8+5. The van der Waals surface area contributed by atoms with Gasteiger partial charge in [0.15, 0.2) is 49.6 Å². The summed E-state index contributed by atoms with van der Waals surface area (Å²) in [4.78, 5) is 20.7. The molecule has 7 aromatic heterocycles. The van der Waals surface area contributed by atoms with Gasteiger partial charge in [0.05, 0.1) is 22.8 Å². The van der Waals surface area contributed by atoms with Crippen molar-refractivity contribution in [2.45, 2.75) is 52.4 Å². The molecular weight excluding hydrogens is 858 g/mol. The Morgan fingerprint density at radius 1 is 0.429 bits per heavy atom. The van der Waals surface area contributed by atoms with E-state index in [1.807, 2.05) is 99.3 Å². The van der Waals surface area contributed by atoms with Gasteiger partial charge in [0.25, 0.3) is 0 Å². The smallest absolute Gasteiger partial charge is 0.657 e. The van der Waals surface area contributed by atoms with Crippen LogP contribution >= 0.6 is 0 Å². The predicted octanol–water partition coefficient (Wildman–Crippen LogP) is 8.89. The summed E-state index contributed by atoms with van der Waals surface area (Å²) in [6.07, 6.45) is 11.9. The van der Waals surface area contributed by atoms with Gasteiger partial charge in [-0.25, -0.2) is 19.1 Å². The summed E-state index contributed by atoms with van der Waals surface area (Å²) in [6, 6.07) is 21.8. The number of pyridine rings is 4. The van der Waals surface area contributed by atoms with Gasteiger partial charge in [0.2, 0.25) is 13.1 Å². The minimum atomic E-state index is -4.48. The first-order chi connectivity index (χ1) is 29.8. The Kier molecular flexibility index (Phi) is 11.7. The second-order valence-corrected chi connectivity index (χ2v) is 15.0. The molecule has 0 saturated carbocycles. The van der Waals surface area contributed by atoms with Crippen molar-refractivity contribution in [2.75, 3.05) is 0 Å². The SMILES string of the molecule is CC[n+]1cccc(-c2c3nc(c(-c4ccc[n+](CC)c4)c4ccc([n-]4)c(-c4ccc[n+](CC(F)(F)F)c4)c4nc(c(-c5ccc[n+](CC(F)(F)F)c5)c5ccc2[n-]5)C=C4)C=C3)c1.[Mn+3]. The van der Waals surface area contributed by atoms with Gasteiger partial charge in [0, 0.05) is 46.5 Å². The van der Waals surface area contributed by atoms with Gasteiger partial charge in [0.1, 0.15) is 13.1 Å². The van der Waals surface area contributed by atoms with Gasteiger partial charge in [-0.2, -0.15) is 35.5 Å². The van der Waals surface area contributed by atoms with Crippen molar-refractivity contribution in [3.05, 3.63) is 145 Å². The van der Waals surface area contributed by atoms with Crippen LogP contribution in [0.3, 0.4) is 0 Å². The maximum Gasteiger partial charge on any atom is 3.00 e. The summed E-state index contributed by atoms with van der Waals surface area (Å²) in [7, 11) is 0. The summed E-state index contributed by atoms with van der Waals surface area (Å²) < 4.78 is 88.5. The molecule has 0 aromatic carbocycles. The Bertz CT molecular complexity index is 2910. The molecule has 8 bridgehead atoms. The van der Waals surface area contributed by atoms with Crippen molar-refractivity contribution in [3.63, 3.8) is 0 Å². The fourth-order valence-electron chi connectivity index (χ4n) is 7.95. The molecule has 0 fully saturated rings. The van der Waals surface area contributed by atoms with Gasteiger partial charge in [-0.3, -0.25) is 0 Å². The standard InChI is InChI=1S/C48H38F6N8.Mn/c1-3-59-21-5-9-31(25-59)43-35-13-14-36(55-35)44(32-10-6-22-60(4-2)26-32)38-16-18-40(57-38)46(34-12-8-24-62(28-34)30-48(52,53)54)42-20-19-41(58-42)45(39-17-15-37(43)56-39)33-11-7-23-61(27-33)29-47(49,50)51;/h5-28H,3-4,29-30H2,1-2H3;/q+2;+3. The van der Waals surface area contributed by atoms with Crippen LogP contribution in [0.25, 0.3) is 90.9 Å². The molecule has 7 aromatic rings. The Morgan fingerprint density at radius 3 is 0.968 bits per heavy atom.